The average Bonchev–Trinajstić information content (AvgIpc) is 2.92. The van der Waals surface area contributed by atoms with Crippen molar-refractivity contribution in [2.75, 3.05) is 39.3 Å². The molecule has 5 heteroatoms. The topological polar surface area (TPSA) is 18.5 Å². The summed E-state index contributed by atoms with van der Waals surface area (Å²) in [6, 6.07) is 5.60. The zero-order chi connectivity index (χ0) is 13.9. The van der Waals surface area contributed by atoms with E-state index in [0.29, 0.717) is 17.6 Å². The van der Waals surface area contributed by atoms with Crippen LogP contribution in [0.25, 0.3) is 0 Å². The number of benzene rings is 1. The first kappa shape index (κ1) is 14.3. The zero-order valence-electron chi connectivity index (χ0n) is 11.6. The summed E-state index contributed by atoms with van der Waals surface area (Å²) in [5.74, 6) is -0.192. The maximum Gasteiger partial charge on any atom is 0.129 e. The number of nitrogens with one attached hydrogen (secondary N) is 1. The summed E-state index contributed by atoms with van der Waals surface area (Å²) in [6.45, 7) is 7.22. The summed E-state index contributed by atoms with van der Waals surface area (Å²) < 4.78 is 13.8. The van der Waals surface area contributed by atoms with Crippen molar-refractivity contribution < 1.29 is 4.39 Å². The minimum absolute atomic E-state index is 0.192. The number of hydrogen-bond donors (Lipinski definition) is 1. The molecule has 0 aromatic heterocycles. The third-order valence-electron chi connectivity index (χ3n) is 4.32. The predicted octanol–water partition coefficient (Wildman–Crippen LogP) is 1.96. The van der Waals surface area contributed by atoms with Crippen LogP contribution in [0.15, 0.2) is 18.2 Å². The van der Waals surface area contributed by atoms with E-state index < -0.39 is 0 Å². The van der Waals surface area contributed by atoms with E-state index in [4.69, 9.17) is 11.6 Å². The summed E-state index contributed by atoms with van der Waals surface area (Å²) in [7, 11) is 0. The van der Waals surface area contributed by atoms with Gasteiger partial charge < -0.3 is 5.32 Å². The molecule has 1 aromatic carbocycles. The third kappa shape index (κ3) is 3.31. The van der Waals surface area contributed by atoms with Crippen LogP contribution in [0.3, 0.4) is 0 Å². The monoisotopic (exact) mass is 297 g/mol. The molecule has 0 radical (unpaired) electrons. The van der Waals surface area contributed by atoms with Crippen LogP contribution in [0, 0.1) is 5.82 Å². The SMILES string of the molecule is Fc1cc(Cl)ccc1CN1CCC(N2CCNCC2)C1. The molecule has 0 bridgehead atoms. The lowest BCUT2D eigenvalue weighted by Crippen LogP contribution is -2.49. The van der Waals surface area contributed by atoms with Crippen molar-refractivity contribution in [1.82, 2.24) is 15.1 Å². The van der Waals surface area contributed by atoms with Crippen LogP contribution in [0.4, 0.5) is 4.39 Å². The second kappa shape index (κ2) is 6.39. The Morgan fingerprint density at radius 3 is 2.80 bits per heavy atom. The standard InChI is InChI=1S/C15H21ClFN3/c16-13-2-1-12(15(17)9-13)10-19-6-3-14(11-19)20-7-4-18-5-8-20/h1-2,9,14,18H,3-8,10-11H2. The average molecular weight is 298 g/mol. The van der Waals surface area contributed by atoms with Gasteiger partial charge in [0.2, 0.25) is 0 Å². The number of nitrogens with zero attached hydrogens (tertiary/aromatic N) is 2. The highest BCUT2D eigenvalue weighted by Crippen LogP contribution is 2.21. The van der Waals surface area contributed by atoms with E-state index in [1.165, 1.54) is 12.5 Å². The lowest BCUT2D eigenvalue weighted by atomic mass is 10.2. The van der Waals surface area contributed by atoms with Gasteiger partial charge in [0.1, 0.15) is 5.82 Å². The molecule has 1 atom stereocenters. The Bertz CT molecular complexity index is 462. The Kier molecular flexibility index (Phi) is 4.56. The molecule has 3 rings (SSSR count). The molecular weight excluding hydrogens is 277 g/mol. The van der Waals surface area contributed by atoms with E-state index >= 15 is 0 Å². The van der Waals surface area contributed by atoms with Gasteiger partial charge in [0.25, 0.3) is 0 Å². The molecule has 0 saturated carbocycles. The highest BCUT2D eigenvalue weighted by molar-refractivity contribution is 6.30. The predicted molar refractivity (Wildman–Crippen MR) is 79.5 cm³/mol. The van der Waals surface area contributed by atoms with Crippen LogP contribution in [-0.4, -0.2) is 55.1 Å². The van der Waals surface area contributed by atoms with E-state index in [-0.39, 0.29) is 5.82 Å². The Balaban J connectivity index is 1.57. The summed E-state index contributed by atoms with van der Waals surface area (Å²) in [5.41, 5.74) is 0.746. The van der Waals surface area contributed by atoms with Crippen LogP contribution in [0.2, 0.25) is 5.02 Å². The maximum absolute atomic E-state index is 13.8. The summed E-state index contributed by atoms with van der Waals surface area (Å²) in [4.78, 5) is 4.91. The smallest absolute Gasteiger partial charge is 0.129 e. The van der Waals surface area contributed by atoms with Crippen LogP contribution in [-0.2, 0) is 6.54 Å². The van der Waals surface area contributed by atoms with Crippen molar-refractivity contribution in [2.45, 2.75) is 19.0 Å². The fourth-order valence-corrected chi connectivity index (χ4v) is 3.35. The lowest BCUT2D eigenvalue weighted by molar-refractivity contribution is 0.170. The van der Waals surface area contributed by atoms with Crippen LogP contribution in [0.5, 0.6) is 0 Å². The van der Waals surface area contributed by atoms with Crippen molar-refractivity contribution in [2.24, 2.45) is 0 Å². The molecule has 0 spiro atoms. The van der Waals surface area contributed by atoms with E-state index in [1.807, 2.05) is 0 Å². The van der Waals surface area contributed by atoms with Gasteiger partial charge in [-0.05, 0) is 18.6 Å². The molecule has 2 fully saturated rings. The second-order valence-electron chi connectivity index (χ2n) is 5.70. The minimum Gasteiger partial charge on any atom is -0.314 e. The zero-order valence-corrected chi connectivity index (χ0v) is 12.4. The van der Waals surface area contributed by atoms with Crippen molar-refractivity contribution in [3.05, 3.63) is 34.6 Å². The Labute approximate surface area is 124 Å². The lowest BCUT2D eigenvalue weighted by Gasteiger charge is -2.32. The van der Waals surface area contributed by atoms with Crippen molar-refractivity contribution in [1.29, 1.82) is 0 Å². The molecular formula is C15H21ClFN3. The summed E-state index contributed by atoms with van der Waals surface area (Å²) in [6.07, 6.45) is 1.19. The summed E-state index contributed by atoms with van der Waals surface area (Å²) >= 11 is 5.79. The van der Waals surface area contributed by atoms with Gasteiger partial charge >= 0.3 is 0 Å². The number of hydrogen-bond acceptors (Lipinski definition) is 3. The fraction of sp³-hybridized carbons (Fsp3) is 0.600. The van der Waals surface area contributed by atoms with Crippen molar-refractivity contribution in [3.8, 4) is 0 Å². The molecule has 2 heterocycles. The quantitative estimate of drug-likeness (QED) is 0.920. The molecule has 1 N–H and O–H groups in total. The van der Waals surface area contributed by atoms with Gasteiger partial charge in [-0.3, -0.25) is 9.80 Å². The third-order valence-corrected chi connectivity index (χ3v) is 4.56. The number of halogens is 2. The van der Waals surface area contributed by atoms with E-state index in [0.717, 1.165) is 44.8 Å². The molecule has 1 aromatic rings. The van der Waals surface area contributed by atoms with Gasteiger partial charge in [-0.15, -0.1) is 0 Å². The highest BCUT2D eigenvalue weighted by atomic mass is 35.5. The molecule has 2 saturated heterocycles. The maximum atomic E-state index is 13.8. The summed E-state index contributed by atoms with van der Waals surface area (Å²) in [5, 5.41) is 3.85. The fourth-order valence-electron chi connectivity index (χ4n) is 3.19. The van der Waals surface area contributed by atoms with E-state index in [9.17, 15) is 4.39 Å². The number of likely N-dealkylation sites (tertiary alicyclic amines) is 1. The van der Waals surface area contributed by atoms with Crippen LogP contribution < -0.4 is 5.32 Å². The van der Waals surface area contributed by atoms with E-state index in [2.05, 4.69) is 15.1 Å². The van der Waals surface area contributed by atoms with Gasteiger partial charge in [0.05, 0.1) is 0 Å². The highest BCUT2D eigenvalue weighted by Gasteiger charge is 2.28. The molecule has 2 aliphatic heterocycles. The number of piperazine rings is 1. The number of rotatable bonds is 3. The van der Waals surface area contributed by atoms with Crippen molar-refractivity contribution in [3.63, 3.8) is 0 Å². The van der Waals surface area contributed by atoms with Gasteiger partial charge in [0, 0.05) is 62.4 Å². The van der Waals surface area contributed by atoms with Crippen LogP contribution in [0.1, 0.15) is 12.0 Å². The Morgan fingerprint density at radius 1 is 1.25 bits per heavy atom. The molecule has 0 aliphatic carbocycles. The van der Waals surface area contributed by atoms with Gasteiger partial charge in [-0.1, -0.05) is 17.7 Å². The van der Waals surface area contributed by atoms with Gasteiger partial charge in [-0.2, -0.15) is 0 Å². The molecule has 3 nitrogen and oxygen atoms in total. The molecule has 2 aliphatic rings. The molecule has 0 amide bonds. The minimum atomic E-state index is -0.192. The first-order valence-corrected chi connectivity index (χ1v) is 7.71. The van der Waals surface area contributed by atoms with Crippen molar-refractivity contribution >= 4 is 11.6 Å². The normalized spacial score (nSPS) is 25.2. The van der Waals surface area contributed by atoms with Gasteiger partial charge in [-0.25, -0.2) is 4.39 Å². The first-order chi connectivity index (χ1) is 9.72. The van der Waals surface area contributed by atoms with Gasteiger partial charge in [0.15, 0.2) is 0 Å². The molecule has 20 heavy (non-hydrogen) atoms. The second-order valence-corrected chi connectivity index (χ2v) is 6.14. The molecule has 110 valence electrons. The Morgan fingerprint density at radius 2 is 2.05 bits per heavy atom. The van der Waals surface area contributed by atoms with E-state index in [1.54, 1.807) is 12.1 Å². The first-order valence-electron chi connectivity index (χ1n) is 7.33. The Hall–Kier alpha value is -0.680. The largest absolute Gasteiger partial charge is 0.314 e. The van der Waals surface area contributed by atoms with Crippen LogP contribution >= 0.6 is 11.6 Å². The molecule has 1 unspecified atom stereocenters.